The summed E-state index contributed by atoms with van der Waals surface area (Å²) in [5, 5.41) is 10.3. The fraction of sp³-hybridized carbons (Fsp3) is 0.615. The van der Waals surface area contributed by atoms with E-state index in [1.807, 2.05) is 0 Å². The van der Waals surface area contributed by atoms with Crippen LogP contribution in [-0.2, 0) is 10.9 Å². The Morgan fingerprint density at radius 3 is 2.32 bits per heavy atom. The van der Waals surface area contributed by atoms with Crippen molar-refractivity contribution in [2.75, 3.05) is 7.11 Å². The lowest BCUT2D eigenvalue weighted by atomic mass is 9.85. The topological polar surface area (TPSA) is 42.4 Å². The number of pyridine rings is 1. The van der Waals surface area contributed by atoms with Gasteiger partial charge in [-0.3, -0.25) is 4.98 Å². The Bertz CT molecular complexity index is 408. The zero-order chi connectivity index (χ0) is 14.7. The molecule has 0 saturated heterocycles. The summed E-state index contributed by atoms with van der Waals surface area (Å²) in [6, 6.07) is 0.865. The van der Waals surface area contributed by atoms with E-state index in [-0.39, 0.29) is 5.56 Å². The molecular formula is C13H18F3NO2. The maximum absolute atomic E-state index is 12.9. The Morgan fingerprint density at radius 1 is 1.32 bits per heavy atom. The number of nitrogens with zero attached hydrogens (tertiary/aromatic N) is 1. The van der Waals surface area contributed by atoms with Gasteiger partial charge >= 0.3 is 6.18 Å². The molecule has 1 aromatic rings. The number of halogens is 3. The number of aliphatic hydroxyl groups excluding tert-OH is 1. The minimum absolute atomic E-state index is 0.249. The lowest BCUT2D eigenvalue weighted by molar-refractivity contribution is -0.144. The molecule has 1 N–H and O–H groups in total. The maximum atomic E-state index is 12.9. The molecule has 0 spiro atoms. The Morgan fingerprint density at radius 2 is 1.89 bits per heavy atom. The van der Waals surface area contributed by atoms with Gasteiger partial charge in [-0.25, -0.2) is 0 Å². The summed E-state index contributed by atoms with van der Waals surface area (Å²) >= 11 is 0. The van der Waals surface area contributed by atoms with E-state index >= 15 is 0 Å². The number of ether oxygens (including phenoxy) is 1. The lowest BCUT2D eigenvalue weighted by Crippen LogP contribution is -2.38. The summed E-state index contributed by atoms with van der Waals surface area (Å²) in [5.41, 5.74) is -2.16. The van der Waals surface area contributed by atoms with E-state index in [0.29, 0.717) is 12.8 Å². The highest BCUT2D eigenvalue weighted by molar-refractivity contribution is 5.30. The second-order valence-corrected chi connectivity index (χ2v) is 4.34. The molecule has 0 saturated carbocycles. The highest BCUT2D eigenvalue weighted by atomic mass is 19.4. The second kappa shape index (κ2) is 5.88. The molecule has 0 aromatic carbocycles. The highest BCUT2D eigenvalue weighted by Crippen LogP contribution is 2.40. The van der Waals surface area contributed by atoms with Crippen LogP contribution < -0.4 is 0 Å². The van der Waals surface area contributed by atoms with Crippen molar-refractivity contribution < 1.29 is 23.0 Å². The second-order valence-electron chi connectivity index (χ2n) is 4.34. The summed E-state index contributed by atoms with van der Waals surface area (Å²) in [4.78, 5) is 3.68. The van der Waals surface area contributed by atoms with E-state index in [1.54, 1.807) is 13.8 Å². The van der Waals surface area contributed by atoms with Crippen LogP contribution >= 0.6 is 0 Å². The van der Waals surface area contributed by atoms with Crippen molar-refractivity contribution in [1.29, 1.82) is 0 Å². The molecule has 1 rings (SSSR count). The fourth-order valence-electron chi connectivity index (χ4n) is 2.20. The van der Waals surface area contributed by atoms with Crippen molar-refractivity contribution in [3.8, 4) is 0 Å². The number of hydrogen-bond donors (Lipinski definition) is 1. The van der Waals surface area contributed by atoms with Gasteiger partial charge in [0.1, 0.15) is 6.10 Å². The SMILES string of the molecule is CCC(CC)(OC)C(O)c1cnccc1C(F)(F)F. The molecule has 19 heavy (non-hydrogen) atoms. The molecule has 1 heterocycles. The average Bonchev–Trinajstić information content (AvgIpc) is 2.40. The van der Waals surface area contributed by atoms with Gasteiger partial charge in [-0.05, 0) is 18.9 Å². The van der Waals surface area contributed by atoms with Crippen LogP contribution in [0.3, 0.4) is 0 Å². The third kappa shape index (κ3) is 3.06. The normalized spacial score (nSPS) is 14.5. The minimum Gasteiger partial charge on any atom is -0.385 e. The Balaban J connectivity index is 3.30. The average molecular weight is 277 g/mol. The molecule has 0 radical (unpaired) electrons. The van der Waals surface area contributed by atoms with Crippen LogP contribution in [0, 0.1) is 0 Å². The van der Waals surface area contributed by atoms with Crippen molar-refractivity contribution in [2.45, 2.75) is 44.6 Å². The minimum atomic E-state index is -4.53. The first kappa shape index (κ1) is 15.9. The van der Waals surface area contributed by atoms with E-state index < -0.39 is 23.4 Å². The van der Waals surface area contributed by atoms with Crippen LogP contribution in [0.1, 0.15) is 43.9 Å². The van der Waals surface area contributed by atoms with Crippen molar-refractivity contribution >= 4 is 0 Å². The smallest absolute Gasteiger partial charge is 0.385 e. The number of hydrogen-bond acceptors (Lipinski definition) is 3. The molecule has 6 heteroatoms. The van der Waals surface area contributed by atoms with E-state index in [1.165, 1.54) is 7.11 Å². The van der Waals surface area contributed by atoms with Gasteiger partial charge in [0.15, 0.2) is 0 Å². The molecule has 0 aliphatic rings. The van der Waals surface area contributed by atoms with Gasteiger partial charge in [-0.15, -0.1) is 0 Å². The van der Waals surface area contributed by atoms with Crippen molar-refractivity contribution in [1.82, 2.24) is 4.98 Å². The Hall–Kier alpha value is -1.14. The van der Waals surface area contributed by atoms with Crippen LogP contribution in [0.4, 0.5) is 13.2 Å². The van der Waals surface area contributed by atoms with Gasteiger partial charge in [0.25, 0.3) is 0 Å². The molecule has 1 atom stereocenters. The van der Waals surface area contributed by atoms with Gasteiger partial charge in [0.2, 0.25) is 0 Å². The summed E-state index contributed by atoms with van der Waals surface area (Å²) in [7, 11) is 1.39. The molecule has 0 aliphatic carbocycles. The van der Waals surface area contributed by atoms with Crippen LogP contribution in [0.2, 0.25) is 0 Å². The molecule has 0 amide bonds. The summed E-state index contributed by atoms with van der Waals surface area (Å²) in [5.74, 6) is 0. The van der Waals surface area contributed by atoms with Crippen molar-refractivity contribution in [3.63, 3.8) is 0 Å². The van der Waals surface area contributed by atoms with Crippen LogP contribution in [-0.4, -0.2) is 22.8 Å². The number of rotatable bonds is 5. The Kier molecular flexibility index (Phi) is 4.92. The van der Waals surface area contributed by atoms with Gasteiger partial charge in [0.05, 0.1) is 11.2 Å². The third-order valence-corrected chi connectivity index (χ3v) is 3.55. The van der Waals surface area contributed by atoms with E-state index in [2.05, 4.69) is 4.98 Å². The molecule has 1 aromatic heterocycles. The predicted octanol–water partition coefficient (Wildman–Crippen LogP) is 3.34. The van der Waals surface area contributed by atoms with Crippen LogP contribution in [0.15, 0.2) is 18.5 Å². The zero-order valence-corrected chi connectivity index (χ0v) is 11.2. The molecule has 0 bridgehead atoms. The van der Waals surface area contributed by atoms with Crippen molar-refractivity contribution in [3.05, 3.63) is 29.6 Å². The van der Waals surface area contributed by atoms with Crippen LogP contribution in [0.25, 0.3) is 0 Å². The number of alkyl halides is 3. The summed E-state index contributed by atoms with van der Waals surface area (Å²) in [6.07, 6.45) is -3.00. The maximum Gasteiger partial charge on any atom is 0.416 e. The molecule has 0 fully saturated rings. The third-order valence-electron chi connectivity index (χ3n) is 3.55. The van der Waals surface area contributed by atoms with Gasteiger partial charge in [0, 0.05) is 25.1 Å². The number of aliphatic hydroxyl groups is 1. The molecular weight excluding hydrogens is 259 g/mol. The quantitative estimate of drug-likeness (QED) is 0.897. The summed E-state index contributed by atoms with van der Waals surface area (Å²) < 4.78 is 44.1. The van der Waals surface area contributed by atoms with E-state index in [4.69, 9.17) is 4.74 Å². The summed E-state index contributed by atoms with van der Waals surface area (Å²) in [6.45, 7) is 3.53. The van der Waals surface area contributed by atoms with Gasteiger partial charge in [-0.1, -0.05) is 13.8 Å². The zero-order valence-electron chi connectivity index (χ0n) is 11.2. The number of aromatic nitrogens is 1. The first-order valence-electron chi connectivity index (χ1n) is 6.06. The molecule has 108 valence electrons. The number of methoxy groups -OCH3 is 1. The monoisotopic (exact) mass is 277 g/mol. The van der Waals surface area contributed by atoms with E-state index in [9.17, 15) is 18.3 Å². The van der Waals surface area contributed by atoms with Crippen molar-refractivity contribution in [2.24, 2.45) is 0 Å². The van der Waals surface area contributed by atoms with Crippen LogP contribution in [0.5, 0.6) is 0 Å². The molecule has 1 unspecified atom stereocenters. The fourth-order valence-corrected chi connectivity index (χ4v) is 2.20. The largest absolute Gasteiger partial charge is 0.416 e. The first-order valence-corrected chi connectivity index (χ1v) is 6.06. The lowest BCUT2D eigenvalue weighted by Gasteiger charge is -2.36. The first-order chi connectivity index (χ1) is 8.82. The highest BCUT2D eigenvalue weighted by Gasteiger charge is 2.42. The molecule has 0 aliphatic heterocycles. The van der Waals surface area contributed by atoms with Gasteiger partial charge in [-0.2, -0.15) is 13.2 Å². The predicted molar refractivity (Wildman–Crippen MR) is 64.5 cm³/mol. The van der Waals surface area contributed by atoms with Gasteiger partial charge < -0.3 is 9.84 Å². The Labute approximate surface area is 110 Å². The van der Waals surface area contributed by atoms with E-state index in [0.717, 1.165) is 18.5 Å². The standard InChI is InChI=1S/C13H18F3NO2/c1-4-12(5-2,19-3)11(18)9-8-17-7-6-10(9)13(14,15)16/h6-8,11,18H,4-5H2,1-3H3. The molecule has 3 nitrogen and oxygen atoms in total.